The molecule has 15 heavy (non-hydrogen) atoms. The Morgan fingerprint density at radius 1 is 0.933 bits per heavy atom. The van der Waals surface area contributed by atoms with Gasteiger partial charge in [-0.1, -0.05) is 26.2 Å². The Bertz CT molecular complexity index is 195. The molecule has 0 aliphatic carbocycles. The predicted molar refractivity (Wildman–Crippen MR) is 63.3 cm³/mol. The van der Waals surface area contributed by atoms with Gasteiger partial charge in [-0.25, -0.2) is 5.82 Å². The second-order valence-electron chi connectivity index (χ2n) is 3.48. The lowest BCUT2D eigenvalue weighted by Gasteiger charge is -2.31. The quantitative estimate of drug-likeness (QED) is 0.369. The summed E-state index contributed by atoms with van der Waals surface area (Å²) in [6, 6.07) is 0. The van der Waals surface area contributed by atoms with Crippen molar-refractivity contribution < 1.29 is 14.0 Å². The van der Waals surface area contributed by atoms with Gasteiger partial charge in [-0.3, -0.25) is 0 Å². The highest BCUT2D eigenvalue weighted by Gasteiger charge is 2.21. The molecule has 0 N–H and O–H groups in total. The maximum absolute atomic E-state index is 5.11. The largest absolute Gasteiger partial charge is 0.536 e. The third-order valence-electron chi connectivity index (χ3n) is 2.37. The van der Waals surface area contributed by atoms with E-state index in [4.69, 9.17) is 14.0 Å². The molecule has 0 bridgehead atoms. The third-order valence-corrected chi connectivity index (χ3v) is 2.37. The minimum absolute atomic E-state index is 0.875. The molecular formula is C11H22BO3-. The summed E-state index contributed by atoms with van der Waals surface area (Å²) in [4.78, 5) is 0. The third kappa shape index (κ3) is 5.83. The van der Waals surface area contributed by atoms with Gasteiger partial charge < -0.3 is 14.0 Å². The van der Waals surface area contributed by atoms with Crippen molar-refractivity contribution in [3.8, 4) is 11.7 Å². The average molecular weight is 213 g/mol. The van der Waals surface area contributed by atoms with Crippen LogP contribution < -0.4 is 0 Å². The van der Waals surface area contributed by atoms with Crippen molar-refractivity contribution in [2.24, 2.45) is 0 Å². The van der Waals surface area contributed by atoms with Crippen LogP contribution in [-0.4, -0.2) is 28.1 Å². The minimum Gasteiger partial charge on any atom is -0.536 e. The van der Waals surface area contributed by atoms with Gasteiger partial charge in [-0.15, -0.1) is 5.92 Å². The van der Waals surface area contributed by atoms with Gasteiger partial charge in [0.1, 0.15) is 0 Å². The van der Waals surface area contributed by atoms with Crippen molar-refractivity contribution in [3.63, 3.8) is 0 Å². The number of unbranched alkanes of at least 4 members (excludes halogenated alkanes) is 4. The molecule has 0 spiro atoms. The van der Waals surface area contributed by atoms with Crippen LogP contribution in [0.2, 0.25) is 0 Å². The Balaban J connectivity index is 3.90. The van der Waals surface area contributed by atoms with E-state index >= 15 is 0 Å². The number of hydrogen-bond acceptors (Lipinski definition) is 3. The standard InChI is InChI=1S/C11H22BO3/c1-5-6-7-8-9-10-11-12(13-2,14-3)15-4/h5-9H2,1-4H3/q-1. The minimum atomic E-state index is -1.85. The summed E-state index contributed by atoms with van der Waals surface area (Å²) in [6.07, 6.45) is 5.76. The fourth-order valence-corrected chi connectivity index (χ4v) is 1.30. The Labute approximate surface area is 93.5 Å². The van der Waals surface area contributed by atoms with Gasteiger partial charge in [-0.05, 0) is 27.8 Å². The Hall–Kier alpha value is -0.495. The van der Waals surface area contributed by atoms with Crippen LogP contribution >= 0.6 is 0 Å². The molecule has 0 atom stereocenters. The maximum atomic E-state index is 5.11. The summed E-state index contributed by atoms with van der Waals surface area (Å²) in [5.74, 6) is 5.95. The fourth-order valence-electron chi connectivity index (χ4n) is 1.30. The summed E-state index contributed by atoms with van der Waals surface area (Å²) in [6.45, 7) is 0.350. The van der Waals surface area contributed by atoms with E-state index in [1.807, 2.05) is 0 Å². The fraction of sp³-hybridized carbons (Fsp3) is 0.818. The summed E-state index contributed by atoms with van der Waals surface area (Å²) >= 11 is 0. The van der Waals surface area contributed by atoms with Crippen molar-refractivity contribution in [1.29, 1.82) is 0 Å². The zero-order chi connectivity index (χ0) is 11.6. The topological polar surface area (TPSA) is 27.7 Å². The molecule has 0 fully saturated rings. The lowest BCUT2D eigenvalue weighted by Crippen LogP contribution is -2.41. The summed E-state index contributed by atoms with van der Waals surface area (Å²) in [7, 11) is 4.62. The zero-order valence-corrected chi connectivity index (χ0v) is 10.3. The molecule has 0 amide bonds. The Kier molecular flexibility index (Phi) is 8.49. The smallest absolute Gasteiger partial charge is 0.456 e. The normalized spacial score (nSPS) is 10.9. The molecule has 0 aromatic carbocycles. The van der Waals surface area contributed by atoms with Crippen molar-refractivity contribution in [2.45, 2.75) is 39.0 Å². The van der Waals surface area contributed by atoms with Gasteiger partial charge >= 0.3 is 6.75 Å². The van der Waals surface area contributed by atoms with Gasteiger partial charge in [0.15, 0.2) is 0 Å². The van der Waals surface area contributed by atoms with Gasteiger partial charge in [0.05, 0.1) is 0 Å². The highest BCUT2D eigenvalue weighted by molar-refractivity contribution is 6.69. The second kappa shape index (κ2) is 8.78. The molecular weight excluding hydrogens is 191 g/mol. The number of rotatable bonds is 7. The maximum Gasteiger partial charge on any atom is 0.456 e. The summed E-state index contributed by atoms with van der Waals surface area (Å²) in [5, 5.41) is 0. The zero-order valence-electron chi connectivity index (χ0n) is 10.3. The molecule has 0 aromatic rings. The molecule has 0 saturated carbocycles. The van der Waals surface area contributed by atoms with Crippen LogP contribution in [0.25, 0.3) is 0 Å². The molecule has 0 aromatic heterocycles. The van der Waals surface area contributed by atoms with E-state index in [2.05, 4.69) is 18.7 Å². The van der Waals surface area contributed by atoms with E-state index in [1.54, 1.807) is 21.3 Å². The average Bonchev–Trinajstić information content (AvgIpc) is 2.29. The van der Waals surface area contributed by atoms with Crippen LogP contribution in [0.15, 0.2) is 0 Å². The SMILES string of the molecule is CCCCCCC#C[B-](OC)(OC)OC. The van der Waals surface area contributed by atoms with Crippen molar-refractivity contribution >= 4 is 6.75 Å². The molecule has 3 nitrogen and oxygen atoms in total. The van der Waals surface area contributed by atoms with Gasteiger partial charge in [0, 0.05) is 6.42 Å². The molecule has 0 unspecified atom stereocenters. The van der Waals surface area contributed by atoms with Crippen molar-refractivity contribution in [1.82, 2.24) is 0 Å². The first-order chi connectivity index (χ1) is 7.24. The first kappa shape index (κ1) is 14.5. The van der Waals surface area contributed by atoms with Crippen molar-refractivity contribution in [3.05, 3.63) is 0 Å². The van der Waals surface area contributed by atoms with E-state index in [0.717, 1.165) is 12.8 Å². The predicted octanol–water partition coefficient (Wildman–Crippen LogP) is 2.38. The molecule has 0 aliphatic heterocycles. The number of hydrogen-bond donors (Lipinski definition) is 0. The summed E-state index contributed by atoms with van der Waals surface area (Å²) in [5.41, 5.74) is 0. The Morgan fingerprint density at radius 2 is 1.53 bits per heavy atom. The first-order valence-electron chi connectivity index (χ1n) is 5.53. The second-order valence-corrected chi connectivity index (χ2v) is 3.48. The molecule has 0 heterocycles. The van der Waals surface area contributed by atoms with Crippen LogP contribution in [0.4, 0.5) is 0 Å². The van der Waals surface area contributed by atoms with Gasteiger partial charge in [-0.2, -0.15) is 0 Å². The van der Waals surface area contributed by atoms with E-state index in [9.17, 15) is 0 Å². The van der Waals surface area contributed by atoms with E-state index < -0.39 is 6.75 Å². The van der Waals surface area contributed by atoms with Crippen molar-refractivity contribution in [2.75, 3.05) is 21.3 Å². The molecule has 0 radical (unpaired) electrons. The molecule has 0 aliphatic rings. The highest BCUT2D eigenvalue weighted by atomic mass is 16.7. The monoisotopic (exact) mass is 213 g/mol. The highest BCUT2D eigenvalue weighted by Crippen LogP contribution is 2.05. The van der Waals surface area contributed by atoms with E-state index in [1.165, 1.54) is 19.3 Å². The van der Waals surface area contributed by atoms with Crippen LogP contribution in [0.5, 0.6) is 0 Å². The van der Waals surface area contributed by atoms with E-state index in [-0.39, 0.29) is 0 Å². The first-order valence-corrected chi connectivity index (χ1v) is 5.53. The molecule has 0 saturated heterocycles. The van der Waals surface area contributed by atoms with Gasteiger partial charge in [0.25, 0.3) is 0 Å². The van der Waals surface area contributed by atoms with Crippen LogP contribution in [0.1, 0.15) is 39.0 Å². The van der Waals surface area contributed by atoms with Crippen LogP contribution in [0.3, 0.4) is 0 Å². The Morgan fingerprint density at radius 3 is 2.00 bits per heavy atom. The summed E-state index contributed by atoms with van der Waals surface area (Å²) < 4.78 is 15.3. The van der Waals surface area contributed by atoms with Crippen LogP contribution in [0, 0.1) is 11.7 Å². The lowest BCUT2D eigenvalue weighted by molar-refractivity contribution is 0.141. The molecule has 0 rings (SSSR count). The van der Waals surface area contributed by atoms with E-state index in [0.29, 0.717) is 0 Å². The molecule has 4 heteroatoms. The van der Waals surface area contributed by atoms with Crippen LogP contribution in [-0.2, 0) is 14.0 Å². The van der Waals surface area contributed by atoms with Gasteiger partial charge in [0.2, 0.25) is 0 Å². The molecule has 88 valence electrons. The lowest BCUT2D eigenvalue weighted by atomic mass is 9.79.